The molecule has 4 atom stereocenters. The Balaban J connectivity index is 3.61. The Hall–Kier alpha value is -1.47. The van der Waals surface area contributed by atoms with Crippen molar-refractivity contribution < 1.29 is 25.2 Å². The van der Waals surface area contributed by atoms with E-state index < -0.39 is 36.9 Å². The molecule has 0 fully saturated rings. The molecule has 396 valence electrons. The van der Waals surface area contributed by atoms with Gasteiger partial charge in [-0.15, -0.1) is 0 Å². The van der Waals surface area contributed by atoms with Crippen molar-refractivity contribution in [2.45, 2.75) is 340 Å². The Bertz CT molecular complexity index is 1060. The van der Waals surface area contributed by atoms with Crippen molar-refractivity contribution in [3.8, 4) is 0 Å². The van der Waals surface area contributed by atoms with Crippen molar-refractivity contribution in [1.29, 1.82) is 0 Å². The normalized spacial score (nSPS) is 13.9. The summed E-state index contributed by atoms with van der Waals surface area (Å²) in [6, 6.07) is -1.01. The van der Waals surface area contributed by atoms with Gasteiger partial charge in [-0.1, -0.05) is 275 Å². The Kier molecular flexibility index (Phi) is 54.2. The summed E-state index contributed by atoms with van der Waals surface area (Å²) in [6.07, 6.45) is 69.5. The molecule has 0 aromatic carbocycles. The number of rotatable bonds is 55. The molecule has 0 aliphatic carbocycles. The van der Waals surface area contributed by atoms with Crippen LogP contribution in [0.25, 0.3) is 0 Å². The lowest BCUT2D eigenvalue weighted by molar-refractivity contribution is -0.132. The third-order valence-corrected chi connectivity index (χ3v) is 14.1. The van der Waals surface area contributed by atoms with Crippen molar-refractivity contribution in [3.63, 3.8) is 0 Å². The quantitative estimate of drug-likeness (QED) is 0.0308. The Morgan fingerprint density at radius 3 is 0.940 bits per heavy atom. The van der Waals surface area contributed by atoms with Gasteiger partial charge >= 0.3 is 0 Å². The summed E-state index contributed by atoms with van der Waals surface area (Å²) in [6.45, 7) is 4.07. The van der Waals surface area contributed by atoms with Crippen molar-refractivity contribution >= 4 is 5.91 Å². The molecular weight excluding hydrogens is 827 g/mol. The molecule has 6 heteroatoms. The molecular formula is C61H117NO5. The predicted octanol–water partition coefficient (Wildman–Crippen LogP) is 17.6. The summed E-state index contributed by atoms with van der Waals surface area (Å²) in [5.41, 5.74) is 0. The standard InChI is InChI=1S/C61H117NO5/c1-3-5-7-9-11-13-15-17-19-21-23-24-25-26-27-28-29-30-31-32-33-34-35-37-39-41-43-45-47-49-51-53-55-59(65)61(67)62-57(56-63)60(66)58(64)54-52-50-48-46-44-42-40-38-36-22-20-18-16-14-12-10-8-6-4-2/h26-27,38,40,46,48,57-60,63-66H,3-25,28-37,39,41-45,47,49-56H2,1-2H3,(H,62,67)/b27-26-,40-38+,48-46+. The fourth-order valence-electron chi connectivity index (χ4n) is 9.36. The minimum Gasteiger partial charge on any atom is -0.394 e. The maximum absolute atomic E-state index is 12.6. The van der Waals surface area contributed by atoms with Crippen LogP contribution in [0.4, 0.5) is 0 Å². The number of carbonyl (C=O) groups is 1. The van der Waals surface area contributed by atoms with Crippen molar-refractivity contribution in [3.05, 3.63) is 36.5 Å². The third kappa shape index (κ3) is 49.3. The van der Waals surface area contributed by atoms with Crippen LogP contribution in [0.15, 0.2) is 36.5 Å². The van der Waals surface area contributed by atoms with Gasteiger partial charge in [0.1, 0.15) is 12.2 Å². The maximum atomic E-state index is 12.6. The summed E-state index contributed by atoms with van der Waals surface area (Å²) < 4.78 is 0. The number of amides is 1. The lowest BCUT2D eigenvalue weighted by Crippen LogP contribution is -2.53. The number of carbonyl (C=O) groups excluding carboxylic acids is 1. The highest BCUT2D eigenvalue weighted by Gasteiger charge is 2.28. The molecule has 5 N–H and O–H groups in total. The van der Waals surface area contributed by atoms with Gasteiger partial charge in [-0.25, -0.2) is 0 Å². The van der Waals surface area contributed by atoms with Crippen LogP contribution in [0.1, 0.15) is 316 Å². The number of hydrogen-bond donors (Lipinski definition) is 5. The smallest absolute Gasteiger partial charge is 0.249 e. The van der Waals surface area contributed by atoms with E-state index >= 15 is 0 Å². The first-order valence-electron chi connectivity index (χ1n) is 29.9. The van der Waals surface area contributed by atoms with E-state index in [1.807, 2.05) is 0 Å². The monoisotopic (exact) mass is 944 g/mol. The number of allylic oxidation sites excluding steroid dienone is 6. The first-order valence-corrected chi connectivity index (χ1v) is 29.9. The minimum absolute atomic E-state index is 0.362. The molecule has 0 aliphatic heterocycles. The van der Waals surface area contributed by atoms with Gasteiger partial charge < -0.3 is 25.7 Å². The van der Waals surface area contributed by atoms with Crippen molar-refractivity contribution in [1.82, 2.24) is 5.32 Å². The van der Waals surface area contributed by atoms with Crippen LogP contribution >= 0.6 is 0 Å². The van der Waals surface area contributed by atoms with E-state index in [-0.39, 0.29) is 0 Å². The molecule has 0 aromatic rings. The molecule has 0 saturated carbocycles. The number of unbranched alkanes of at least 4 members (excludes halogenated alkanes) is 40. The van der Waals surface area contributed by atoms with E-state index in [1.54, 1.807) is 0 Å². The number of aliphatic hydroxyl groups excluding tert-OH is 4. The highest BCUT2D eigenvalue weighted by atomic mass is 16.3. The van der Waals surface area contributed by atoms with E-state index in [0.717, 1.165) is 38.5 Å². The van der Waals surface area contributed by atoms with E-state index in [9.17, 15) is 25.2 Å². The lowest BCUT2D eigenvalue weighted by Gasteiger charge is -2.27. The van der Waals surface area contributed by atoms with Gasteiger partial charge in [0.25, 0.3) is 0 Å². The highest BCUT2D eigenvalue weighted by Crippen LogP contribution is 2.17. The van der Waals surface area contributed by atoms with Crippen LogP contribution in [0.2, 0.25) is 0 Å². The van der Waals surface area contributed by atoms with Gasteiger partial charge in [0.15, 0.2) is 0 Å². The van der Waals surface area contributed by atoms with Crippen molar-refractivity contribution in [2.24, 2.45) is 0 Å². The molecule has 0 rings (SSSR count). The van der Waals surface area contributed by atoms with Gasteiger partial charge in [-0.2, -0.15) is 0 Å². The first kappa shape index (κ1) is 65.5. The van der Waals surface area contributed by atoms with Crippen LogP contribution in [0.5, 0.6) is 0 Å². The Morgan fingerprint density at radius 1 is 0.358 bits per heavy atom. The molecule has 0 saturated heterocycles. The van der Waals surface area contributed by atoms with E-state index in [1.165, 1.54) is 244 Å². The predicted molar refractivity (Wildman–Crippen MR) is 293 cm³/mol. The summed E-state index contributed by atoms with van der Waals surface area (Å²) in [5, 5.41) is 44.0. The van der Waals surface area contributed by atoms with Gasteiger partial charge in [-0.3, -0.25) is 4.79 Å². The van der Waals surface area contributed by atoms with Gasteiger partial charge in [0.2, 0.25) is 5.91 Å². The molecule has 0 heterocycles. The molecule has 67 heavy (non-hydrogen) atoms. The second-order valence-corrected chi connectivity index (χ2v) is 20.7. The molecule has 0 aliphatic rings. The van der Waals surface area contributed by atoms with Gasteiger partial charge in [0, 0.05) is 0 Å². The Morgan fingerprint density at radius 2 is 0.627 bits per heavy atom. The molecule has 0 bridgehead atoms. The molecule has 0 radical (unpaired) electrons. The fraction of sp³-hybridized carbons (Fsp3) is 0.885. The lowest BCUT2D eigenvalue weighted by atomic mass is 10.00. The average Bonchev–Trinajstić information content (AvgIpc) is 3.33. The van der Waals surface area contributed by atoms with Crippen LogP contribution in [-0.4, -0.2) is 57.3 Å². The number of nitrogens with one attached hydrogen (secondary N) is 1. The first-order chi connectivity index (χ1) is 33.0. The Labute approximate surface area is 417 Å². The zero-order chi connectivity index (χ0) is 48.8. The number of aliphatic hydroxyl groups is 4. The topological polar surface area (TPSA) is 110 Å². The second kappa shape index (κ2) is 55.5. The average molecular weight is 945 g/mol. The van der Waals surface area contributed by atoms with Crippen LogP contribution in [0.3, 0.4) is 0 Å². The number of hydrogen-bond acceptors (Lipinski definition) is 5. The molecule has 0 aromatic heterocycles. The van der Waals surface area contributed by atoms with E-state index in [4.69, 9.17) is 0 Å². The SMILES string of the molecule is CCCCCCCCCCCC/C=C/CC/C=C/CCCC(O)C(O)C(CO)NC(=O)C(O)CCCCCCCCCCCCCCCCCC/C=C\CCCCCCCCCCCCCC. The fourth-order valence-corrected chi connectivity index (χ4v) is 9.36. The van der Waals surface area contributed by atoms with Crippen LogP contribution in [0, 0.1) is 0 Å². The minimum atomic E-state index is -1.29. The van der Waals surface area contributed by atoms with Gasteiger partial charge in [0.05, 0.1) is 18.8 Å². The molecule has 0 spiro atoms. The van der Waals surface area contributed by atoms with Crippen LogP contribution in [-0.2, 0) is 4.79 Å². The summed E-state index contributed by atoms with van der Waals surface area (Å²) in [4.78, 5) is 12.6. The van der Waals surface area contributed by atoms with Crippen molar-refractivity contribution in [2.75, 3.05) is 6.61 Å². The van der Waals surface area contributed by atoms with Crippen LogP contribution < -0.4 is 5.32 Å². The van der Waals surface area contributed by atoms with Gasteiger partial charge in [-0.05, 0) is 77.0 Å². The second-order valence-electron chi connectivity index (χ2n) is 20.7. The maximum Gasteiger partial charge on any atom is 0.249 e. The molecule has 6 nitrogen and oxygen atoms in total. The zero-order valence-corrected chi connectivity index (χ0v) is 44.9. The summed E-state index contributed by atoms with van der Waals surface area (Å²) in [7, 11) is 0. The highest BCUT2D eigenvalue weighted by molar-refractivity contribution is 5.80. The molecule has 1 amide bonds. The van der Waals surface area contributed by atoms with E-state index in [0.29, 0.717) is 19.3 Å². The largest absolute Gasteiger partial charge is 0.394 e. The summed E-state index contributed by atoms with van der Waals surface area (Å²) in [5.74, 6) is -0.593. The zero-order valence-electron chi connectivity index (χ0n) is 44.9. The molecule has 4 unspecified atom stereocenters. The third-order valence-electron chi connectivity index (χ3n) is 14.1. The summed E-state index contributed by atoms with van der Waals surface area (Å²) >= 11 is 0. The van der Waals surface area contributed by atoms with E-state index in [2.05, 4.69) is 55.6 Å².